The lowest BCUT2D eigenvalue weighted by Gasteiger charge is -2.02. The molecule has 2 nitrogen and oxygen atoms in total. The summed E-state index contributed by atoms with van der Waals surface area (Å²) in [6, 6.07) is 5.89. The summed E-state index contributed by atoms with van der Waals surface area (Å²) in [6.07, 6.45) is 3.09. The molecule has 0 atom stereocenters. The van der Waals surface area contributed by atoms with Gasteiger partial charge in [-0.1, -0.05) is 31.5 Å². The van der Waals surface area contributed by atoms with Gasteiger partial charge < -0.3 is 4.57 Å². The van der Waals surface area contributed by atoms with Gasteiger partial charge in [-0.3, -0.25) is 5.41 Å². The Bertz CT molecular complexity index is 567. The lowest BCUT2D eigenvalue weighted by Crippen LogP contribution is -2.03. The van der Waals surface area contributed by atoms with E-state index in [2.05, 4.69) is 26.1 Å². The molecule has 2 rings (SSSR count). The fraction of sp³-hybridized carbons (Fsp3) is 0.357. The molecule has 1 aromatic carbocycles. The molecule has 0 aliphatic rings. The molecule has 0 fully saturated rings. The number of nitrogens with one attached hydrogen (secondary N) is 1. The minimum Gasteiger partial charge on any atom is -0.305 e. The average Bonchev–Trinajstić information content (AvgIpc) is 2.55. The van der Waals surface area contributed by atoms with Crippen molar-refractivity contribution in [3.8, 4) is 0 Å². The fourth-order valence-electron chi connectivity index (χ4n) is 2.15. The van der Waals surface area contributed by atoms with E-state index >= 15 is 0 Å². The quantitative estimate of drug-likeness (QED) is 0.605. The van der Waals surface area contributed by atoms with Gasteiger partial charge in [-0.15, -0.1) is 0 Å². The molecule has 0 amide bonds. The van der Waals surface area contributed by atoms with E-state index in [-0.39, 0.29) is 0 Å². The van der Waals surface area contributed by atoms with Crippen LogP contribution in [0.4, 0.5) is 0 Å². The first-order chi connectivity index (χ1) is 7.99. The zero-order chi connectivity index (χ0) is 12.6. The molecule has 0 saturated carbocycles. The third-order valence-electron chi connectivity index (χ3n) is 2.84. The Morgan fingerprint density at radius 3 is 2.71 bits per heavy atom. The van der Waals surface area contributed by atoms with Crippen molar-refractivity contribution in [2.24, 2.45) is 5.92 Å². The normalized spacial score (nSPS) is 11.4. The third kappa shape index (κ3) is 2.37. The van der Waals surface area contributed by atoms with E-state index in [4.69, 9.17) is 17.0 Å². The lowest BCUT2D eigenvalue weighted by molar-refractivity contribution is 0.649. The van der Waals surface area contributed by atoms with Gasteiger partial charge in [-0.05, 0) is 37.0 Å². The molecule has 90 valence electrons. The van der Waals surface area contributed by atoms with E-state index in [1.54, 1.807) is 6.92 Å². The second-order valence-electron chi connectivity index (χ2n) is 4.87. The van der Waals surface area contributed by atoms with Gasteiger partial charge in [-0.2, -0.15) is 0 Å². The standard InChI is InChI=1S/C14H17ClN2/c1-9(2)6-11-8-17(10(3)16)14-7-12(15)4-5-13(11)14/h4-5,7-9,16H,6H2,1-3H3. The van der Waals surface area contributed by atoms with Crippen molar-refractivity contribution >= 4 is 28.3 Å². The molecular weight excluding hydrogens is 232 g/mol. The smallest absolute Gasteiger partial charge is 0.101 e. The summed E-state index contributed by atoms with van der Waals surface area (Å²) in [5, 5.41) is 9.72. The van der Waals surface area contributed by atoms with Gasteiger partial charge in [0.25, 0.3) is 0 Å². The molecule has 0 aliphatic carbocycles. The first-order valence-corrected chi connectivity index (χ1v) is 6.22. The number of rotatable bonds is 2. The highest BCUT2D eigenvalue weighted by atomic mass is 35.5. The Labute approximate surface area is 107 Å². The van der Waals surface area contributed by atoms with Crippen LogP contribution in [-0.2, 0) is 6.42 Å². The summed E-state index contributed by atoms with van der Waals surface area (Å²) >= 11 is 6.03. The summed E-state index contributed by atoms with van der Waals surface area (Å²) < 4.78 is 1.90. The van der Waals surface area contributed by atoms with Gasteiger partial charge in [0.1, 0.15) is 5.84 Å². The van der Waals surface area contributed by atoms with Crippen LogP contribution < -0.4 is 0 Å². The van der Waals surface area contributed by atoms with Gasteiger partial charge in [-0.25, -0.2) is 0 Å². The Balaban J connectivity index is 2.66. The van der Waals surface area contributed by atoms with Crippen molar-refractivity contribution in [2.75, 3.05) is 0 Å². The highest BCUT2D eigenvalue weighted by Crippen LogP contribution is 2.26. The number of nitrogens with zero attached hydrogens (tertiary/aromatic N) is 1. The van der Waals surface area contributed by atoms with Gasteiger partial charge in [0.05, 0.1) is 5.52 Å². The SMILES string of the molecule is CC(=N)n1cc(CC(C)C)c2ccc(Cl)cc21. The van der Waals surface area contributed by atoms with Gasteiger partial charge in [0.15, 0.2) is 0 Å². The van der Waals surface area contributed by atoms with E-state index in [1.165, 1.54) is 10.9 Å². The van der Waals surface area contributed by atoms with E-state index < -0.39 is 0 Å². The Hall–Kier alpha value is -1.28. The van der Waals surface area contributed by atoms with Crippen molar-refractivity contribution in [3.05, 3.63) is 35.0 Å². The minimum absolute atomic E-state index is 0.521. The molecule has 17 heavy (non-hydrogen) atoms. The van der Waals surface area contributed by atoms with Crippen LogP contribution >= 0.6 is 11.6 Å². The van der Waals surface area contributed by atoms with E-state index in [0.717, 1.165) is 11.9 Å². The monoisotopic (exact) mass is 248 g/mol. The maximum absolute atomic E-state index is 7.80. The van der Waals surface area contributed by atoms with E-state index in [0.29, 0.717) is 16.8 Å². The summed E-state index contributed by atoms with van der Waals surface area (Å²) in [5.74, 6) is 1.13. The minimum atomic E-state index is 0.521. The maximum Gasteiger partial charge on any atom is 0.101 e. The fourth-order valence-corrected chi connectivity index (χ4v) is 2.32. The maximum atomic E-state index is 7.80. The van der Waals surface area contributed by atoms with Gasteiger partial charge >= 0.3 is 0 Å². The highest BCUT2D eigenvalue weighted by molar-refractivity contribution is 6.31. The number of halogens is 1. The van der Waals surface area contributed by atoms with E-state index in [9.17, 15) is 0 Å². The Morgan fingerprint density at radius 1 is 1.41 bits per heavy atom. The summed E-state index contributed by atoms with van der Waals surface area (Å²) in [6.45, 7) is 6.20. The number of benzene rings is 1. The predicted octanol–water partition coefficient (Wildman–Crippen LogP) is 4.34. The van der Waals surface area contributed by atoms with Crippen molar-refractivity contribution in [2.45, 2.75) is 27.2 Å². The first kappa shape index (κ1) is 12.2. The third-order valence-corrected chi connectivity index (χ3v) is 3.07. The Morgan fingerprint density at radius 2 is 2.12 bits per heavy atom. The second-order valence-corrected chi connectivity index (χ2v) is 5.31. The van der Waals surface area contributed by atoms with Gasteiger partial charge in [0, 0.05) is 16.6 Å². The highest BCUT2D eigenvalue weighted by Gasteiger charge is 2.11. The van der Waals surface area contributed by atoms with Crippen molar-refractivity contribution in [3.63, 3.8) is 0 Å². The van der Waals surface area contributed by atoms with Crippen molar-refractivity contribution in [1.29, 1.82) is 5.41 Å². The summed E-state index contributed by atoms with van der Waals surface area (Å²) in [7, 11) is 0. The van der Waals surface area contributed by atoms with Crippen LogP contribution in [0, 0.1) is 11.3 Å². The molecule has 1 heterocycles. The number of hydrogen-bond donors (Lipinski definition) is 1. The lowest BCUT2D eigenvalue weighted by atomic mass is 10.0. The number of aromatic nitrogens is 1. The van der Waals surface area contributed by atoms with Crippen LogP contribution in [0.5, 0.6) is 0 Å². The van der Waals surface area contributed by atoms with Crippen LogP contribution in [0.25, 0.3) is 10.9 Å². The summed E-state index contributed by atoms with van der Waals surface area (Å²) in [5.41, 5.74) is 2.32. The Kier molecular flexibility index (Phi) is 3.25. The zero-order valence-electron chi connectivity index (χ0n) is 10.4. The molecule has 3 heteroatoms. The van der Waals surface area contributed by atoms with Crippen LogP contribution in [-0.4, -0.2) is 10.4 Å². The van der Waals surface area contributed by atoms with Crippen molar-refractivity contribution < 1.29 is 0 Å². The molecule has 0 saturated heterocycles. The topological polar surface area (TPSA) is 28.8 Å². The molecule has 1 aromatic heterocycles. The van der Waals surface area contributed by atoms with Crippen LogP contribution in [0.15, 0.2) is 24.4 Å². The second kappa shape index (κ2) is 4.53. The summed E-state index contributed by atoms with van der Waals surface area (Å²) in [4.78, 5) is 0. The molecule has 0 bridgehead atoms. The molecule has 0 aliphatic heterocycles. The van der Waals surface area contributed by atoms with Crippen LogP contribution in [0.1, 0.15) is 26.3 Å². The molecule has 0 unspecified atom stereocenters. The molecule has 1 N–H and O–H groups in total. The zero-order valence-corrected chi connectivity index (χ0v) is 11.2. The number of hydrogen-bond acceptors (Lipinski definition) is 1. The average molecular weight is 249 g/mol. The predicted molar refractivity (Wildman–Crippen MR) is 74.3 cm³/mol. The molecule has 0 radical (unpaired) electrons. The molecule has 2 aromatic rings. The molecule has 0 spiro atoms. The van der Waals surface area contributed by atoms with Crippen molar-refractivity contribution in [1.82, 2.24) is 4.57 Å². The first-order valence-electron chi connectivity index (χ1n) is 5.84. The number of fused-ring (bicyclic) bond motifs is 1. The largest absolute Gasteiger partial charge is 0.305 e. The van der Waals surface area contributed by atoms with Gasteiger partial charge in [0.2, 0.25) is 0 Å². The van der Waals surface area contributed by atoms with E-state index in [1.807, 2.05) is 16.7 Å². The van der Waals surface area contributed by atoms with Crippen LogP contribution in [0.3, 0.4) is 0 Å². The van der Waals surface area contributed by atoms with Crippen LogP contribution in [0.2, 0.25) is 5.02 Å². The molecular formula is C14H17ClN2.